The second-order valence-electron chi connectivity index (χ2n) is 9.87. The molecule has 3 aliphatic rings. The lowest BCUT2D eigenvalue weighted by molar-refractivity contribution is -0.135. The molecule has 1 N–H and O–H groups in total. The summed E-state index contributed by atoms with van der Waals surface area (Å²) in [5.41, 5.74) is 2.65. The Balaban J connectivity index is 1.31. The van der Waals surface area contributed by atoms with Gasteiger partial charge in [-0.2, -0.15) is 0 Å². The summed E-state index contributed by atoms with van der Waals surface area (Å²) in [6.45, 7) is 2.69. The number of hydrogen-bond donors (Lipinski definition) is 1. The molecule has 2 fully saturated rings. The lowest BCUT2D eigenvalue weighted by atomic mass is 9.77. The van der Waals surface area contributed by atoms with Gasteiger partial charge >= 0.3 is 0 Å². The van der Waals surface area contributed by atoms with Crippen LogP contribution in [0.25, 0.3) is 0 Å². The van der Waals surface area contributed by atoms with Crippen molar-refractivity contribution in [1.29, 1.82) is 0 Å². The van der Waals surface area contributed by atoms with Crippen molar-refractivity contribution >= 4 is 5.91 Å². The van der Waals surface area contributed by atoms with E-state index in [1.807, 2.05) is 6.07 Å². The molecule has 4 rings (SSSR count). The SMILES string of the molecule is COCOC1CCCC1OCCNCC(=O)N1CCc2ccc(OC)cc2C1C1CCCCC1. The maximum Gasteiger partial charge on any atom is 0.237 e. The fraction of sp³-hybridized carbons (Fsp3) is 0.741. The number of ether oxygens (including phenoxy) is 4. The molecule has 0 spiro atoms. The molecule has 0 bridgehead atoms. The first-order valence-electron chi connectivity index (χ1n) is 13.1. The van der Waals surface area contributed by atoms with Crippen molar-refractivity contribution in [2.75, 3.05) is 47.3 Å². The minimum Gasteiger partial charge on any atom is -0.497 e. The highest BCUT2D eigenvalue weighted by molar-refractivity contribution is 5.79. The zero-order valence-corrected chi connectivity index (χ0v) is 20.9. The molecule has 190 valence electrons. The molecule has 2 aliphatic carbocycles. The highest BCUT2D eigenvalue weighted by atomic mass is 16.7. The predicted octanol–water partition coefficient (Wildman–Crippen LogP) is 3.85. The first-order chi connectivity index (χ1) is 16.7. The van der Waals surface area contributed by atoms with Crippen LogP contribution in [0.3, 0.4) is 0 Å². The first kappa shape index (κ1) is 25.4. The molecule has 0 radical (unpaired) electrons. The van der Waals surface area contributed by atoms with Crippen LogP contribution in [0.1, 0.15) is 68.5 Å². The van der Waals surface area contributed by atoms with Crippen molar-refractivity contribution in [2.45, 2.75) is 76.0 Å². The van der Waals surface area contributed by atoms with Crippen molar-refractivity contribution in [3.8, 4) is 5.75 Å². The average molecular weight is 475 g/mol. The maximum absolute atomic E-state index is 13.4. The Morgan fingerprint density at radius 3 is 2.59 bits per heavy atom. The van der Waals surface area contributed by atoms with E-state index in [0.29, 0.717) is 32.4 Å². The summed E-state index contributed by atoms with van der Waals surface area (Å²) >= 11 is 0. The number of hydrogen-bond acceptors (Lipinski definition) is 6. The zero-order chi connectivity index (χ0) is 23.8. The van der Waals surface area contributed by atoms with Gasteiger partial charge in [-0.05, 0) is 67.7 Å². The topological polar surface area (TPSA) is 69.3 Å². The van der Waals surface area contributed by atoms with Gasteiger partial charge in [-0.3, -0.25) is 4.79 Å². The van der Waals surface area contributed by atoms with Gasteiger partial charge in [0.15, 0.2) is 0 Å². The minimum absolute atomic E-state index is 0.114. The van der Waals surface area contributed by atoms with Crippen LogP contribution in [0.4, 0.5) is 0 Å². The third-order valence-corrected chi connectivity index (χ3v) is 7.73. The number of nitrogens with one attached hydrogen (secondary N) is 1. The Morgan fingerprint density at radius 1 is 1.03 bits per heavy atom. The normalized spacial score (nSPS) is 25.4. The smallest absolute Gasteiger partial charge is 0.237 e. The van der Waals surface area contributed by atoms with Crippen molar-refractivity contribution < 1.29 is 23.7 Å². The Morgan fingerprint density at radius 2 is 1.82 bits per heavy atom. The molecule has 1 aliphatic heterocycles. The van der Waals surface area contributed by atoms with Gasteiger partial charge in [0, 0.05) is 20.2 Å². The van der Waals surface area contributed by atoms with Gasteiger partial charge in [0.1, 0.15) is 12.5 Å². The molecule has 1 aromatic carbocycles. The highest BCUT2D eigenvalue weighted by Gasteiger charge is 2.37. The van der Waals surface area contributed by atoms with Crippen LogP contribution in [0.2, 0.25) is 0 Å². The van der Waals surface area contributed by atoms with Crippen molar-refractivity contribution in [2.24, 2.45) is 5.92 Å². The monoisotopic (exact) mass is 474 g/mol. The third-order valence-electron chi connectivity index (χ3n) is 7.73. The molecule has 7 nitrogen and oxygen atoms in total. The molecular formula is C27H42N2O5. The number of carbonyl (C=O) groups excluding carboxylic acids is 1. The lowest BCUT2D eigenvalue weighted by Gasteiger charge is -2.43. The van der Waals surface area contributed by atoms with E-state index in [-0.39, 0.29) is 24.2 Å². The average Bonchev–Trinajstić information content (AvgIpc) is 3.33. The van der Waals surface area contributed by atoms with Crippen LogP contribution in [-0.2, 0) is 25.4 Å². The van der Waals surface area contributed by atoms with E-state index in [1.165, 1.54) is 43.2 Å². The van der Waals surface area contributed by atoms with Gasteiger partial charge in [-0.25, -0.2) is 0 Å². The summed E-state index contributed by atoms with van der Waals surface area (Å²) in [7, 11) is 3.36. The predicted molar refractivity (Wildman–Crippen MR) is 131 cm³/mol. The van der Waals surface area contributed by atoms with Crippen molar-refractivity contribution in [3.05, 3.63) is 29.3 Å². The Labute approximate surface area is 204 Å². The van der Waals surface area contributed by atoms with Gasteiger partial charge < -0.3 is 29.2 Å². The summed E-state index contributed by atoms with van der Waals surface area (Å²) in [5.74, 6) is 1.59. The molecule has 2 saturated carbocycles. The summed E-state index contributed by atoms with van der Waals surface area (Å²) in [4.78, 5) is 15.5. The van der Waals surface area contributed by atoms with E-state index in [2.05, 4.69) is 22.3 Å². The molecule has 3 atom stereocenters. The van der Waals surface area contributed by atoms with Crippen LogP contribution in [-0.4, -0.2) is 70.3 Å². The molecule has 7 heteroatoms. The van der Waals surface area contributed by atoms with Crippen LogP contribution in [0.5, 0.6) is 5.75 Å². The fourth-order valence-corrected chi connectivity index (χ4v) is 6.00. The van der Waals surface area contributed by atoms with E-state index in [4.69, 9.17) is 18.9 Å². The number of methoxy groups -OCH3 is 2. The number of amides is 1. The minimum atomic E-state index is 0.114. The second-order valence-corrected chi connectivity index (χ2v) is 9.87. The number of benzene rings is 1. The number of fused-ring (bicyclic) bond motifs is 1. The fourth-order valence-electron chi connectivity index (χ4n) is 6.00. The third kappa shape index (κ3) is 6.30. The second kappa shape index (κ2) is 12.9. The number of carbonyl (C=O) groups is 1. The van der Waals surface area contributed by atoms with E-state index >= 15 is 0 Å². The first-order valence-corrected chi connectivity index (χ1v) is 13.1. The molecule has 0 aromatic heterocycles. The maximum atomic E-state index is 13.4. The van der Waals surface area contributed by atoms with Crippen molar-refractivity contribution in [1.82, 2.24) is 10.2 Å². The van der Waals surface area contributed by atoms with Crippen LogP contribution in [0, 0.1) is 5.92 Å². The summed E-state index contributed by atoms with van der Waals surface area (Å²) in [6.07, 6.45) is 10.5. The molecule has 0 saturated heterocycles. The van der Waals surface area contributed by atoms with Crippen LogP contribution < -0.4 is 10.1 Å². The van der Waals surface area contributed by atoms with Crippen LogP contribution >= 0.6 is 0 Å². The van der Waals surface area contributed by atoms with E-state index < -0.39 is 0 Å². The van der Waals surface area contributed by atoms with E-state index in [9.17, 15) is 4.79 Å². The zero-order valence-electron chi connectivity index (χ0n) is 20.9. The van der Waals surface area contributed by atoms with Gasteiger partial charge in [0.2, 0.25) is 5.91 Å². The molecule has 1 heterocycles. The quantitative estimate of drug-likeness (QED) is 0.388. The Kier molecular flexibility index (Phi) is 9.62. The highest BCUT2D eigenvalue weighted by Crippen LogP contribution is 2.43. The molecule has 34 heavy (non-hydrogen) atoms. The van der Waals surface area contributed by atoms with Gasteiger partial charge in [-0.15, -0.1) is 0 Å². The molecule has 3 unspecified atom stereocenters. The Bertz CT molecular complexity index is 782. The molecule has 1 amide bonds. The van der Waals surface area contributed by atoms with E-state index in [0.717, 1.165) is 38.0 Å². The van der Waals surface area contributed by atoms with E-state index in [1.54, 1.807) is 14.2 Å². The Hall–Kier alpha value is -1.67. The number of nitrogens with zero attached hydrogens (tertiary/aromatic N) is 1. The molecule has 1 aromatic rings. The summed E-state index contributed by atoms with van der Waals surface area (Å²) in [6, 6.07) is 6.56. The van der Waals surface area contributed by atoms with Gasteiger partial charge in [0.05, 0.1) is 38.5 Å². The van der Waals surface area contributed by atoms with Crippen LogP contribution in [0.15, 0.2) is 18.2 Å². The number of rotatable bonds is 11. The van der Waals surface area contributed by atoms with Crippen molar-refractivity contribution in [3.63, 3.8) is 0 Å². The lowest BCUT2D eigenvalue weighted by Crippen LogP contribution is -2.47. The van der Waals surface area contributed by atoms with Gasteiger partial charge in [0.25, 0.3) is 0 Å². The van der Waals surface area contributed by atoms with Gasteiger partial charge in [-0.1, -0.05) is 25.3 Å². The largest absolute Gasteiger partial charge is 0.497 e. The summed E-state index contributed by atoms with van der Waals surface area (Å²) in [5, 5.41) is 3.33. The molecular weight excluding hydrogens is 432 g/mol. The summed E-state index contributed by atoms with van der Waals surface area (Å²) < 4.78 is 22.3. The standard InChI is InChI=1S/C27H42N2O5/c1-31-19-34-25-10-6-9-24(25)33-16-14-28-18-26(30)29-15-13-20-11-12-22(32-2)17-23(20)27(29)21-7-4-3-5-8-21/h11-12,17,21,24-25,27-28H,3-10,13-16,18-19H2,1-2H3.